The standard InChI is InChI=1S/C40H54Cl2O12/c1-8-24-18-21(5)28(43)14-12-11-13-25(38(49)53-26(9-2)16-15-20(4)17-22(6)32(24)44)19-51-40-36(48)35(47)37(23(7)52-40)54-39(50)29-27(10-3)30(41)34(46)31(42)33(29)45/h11-13,15,17-18,23-24,26,28,32,35-37,40,43-48H,8-10,14,16,19H2,1-7H3/b12-11+,20-15+,21-18+,22-17+,25-13+/t23-,24+,26-,28+,32+,35-,36+,37-,40-/m1/s1. The Morgan fingerprint density at radius 2 is 1.63 bits per heavy atom. The first-order valence-corrected chi connectivity index (χ1v) is 18.9. The highest BCUT2D eigenvalue weighted by Gasteiger charge is 2.46. The molecule has 0 aromatic heterocycles. The lowest BCUT2D eigenvalue weighted by Gasteiger charge is -2.40. The third-order valence-electron chi connectivity index (χ3n) is 9.70. The highest BCUT2D eigenvalue weighted by Crippen LogP contribution is 2.45. The molecule has 54 heavy (non-hydrogen) atoms. The van der Waals surface area contributed by atoms with Gasteiger partial charge in [0.2, 0.25) is 0 Å². The van der Waals surface area contributed by atoms with Crippen LogP contribution < -0.4 is 0 Å². The summed E-state index contributed by atoms with van der Waals surface area (Å²) in [7, 11) is 0. The second-order valence-electron chi connectivity index (χ2n) is 13.7. The topological polar surface area (TPSA) is 192 Å². The van der Waals surface area contributed by atoms with Gasteiger partial charge in [0.15, 0.2) is 23.9 Å². The number of phenols is 2. The van der Waals surface area contributed by atoms with Gasteiger partial charge in [-0.05, 0) is 76.2 Å². The van der Waals surface area contributed by atoms with Crippen molar-refractivity contribution >= 4 is 35.1 Å². The molecular formula is C40H54Cl2O12. The maximum atomic E-state index is 13.5. The summed E-state index contributed by atoms with van der Waals surface area (Å²) in [5, 5.41) is 63.8. The zero-order valence-corrected chi connectivity index (χ0v) is 33.3. The van der Waals surface area contributed by atoms with E-state index < -0.39 is 89.6 Å². The van der Waals surface area contributed by atoms with Crippen LogP contribution >= 0.6 is 23.2 Å². The van der Waals surface area contributed by atoms with Gasteiger partial charge in [-0.2, -0.15) is 0 Å². The van der Waals surface area contributed by atoms with Gasteiger partial charge < -0.3 is 49.6 Å². The summed E-state index contributed by atoms with van der Waals surface area (Å²) in [5.74, 6) is -3.37. The van der Waals surface area contributed by atoms with Crippen molar-refractivity contribution in [2.45, 2.75) is 130 Å². The minimum atomic E-state index is -1.75. The number of esters is 2. The monoisotopic (exact) mass is 796 g/mol. The lowest BCUT2D eigenvalue weighted by molar-refractivity contribution is -0.290. The molecule has 2 aliphatic rings. The minimum Gasteiger partial charge on any atom is -0.505 e. The summed E-state index contributed by atoms with van der Waals surface area (Å²) in [6.45, 7) is 12.1. The van der Waals surface area contributed by atoms with Crippen LogP contribution in [0.4, 0.5) is 0 Å². The first-order chi connectivity index (χ1) is 25.5. The van der Waals surface area contributed by atoms with Crippen molar-refractivity contribution in [2.75, 3.05) is 6.61 Å². The van der Waals surface area contributed by atoms with Gasteiger partial charge in [0.05, 0.1) is 35.5 Å². The summed E-state index contributed by atoms with van der Waals surface area (Å²) in [4.78, 5) is 26.7. The summed E-state index contributed by atoms with van der Waals surface area (Å²) < 4.78 is 22.9. The molecule has 0 unspecified atom stereocenters. The molecule has 12 nitrogen and oxygen atoms in total. The van der Waals surface area contributed by atoms with E-state index >= 15 is 0 Å². The van der Waals surface area contributed by atoms with Crippen LogP contribution in [0.2, 0.25) is 10.0 Å². The van der Waals surface area contributed by atoms with Gasteiger partial charge in [0.1, 0.15) is 28.9 Å². The van der Waals surface area contributed by atoms with Crippen molar-refractivity contribution in [3.05, 3.63) is 79.9 Å². The van der Waals surface area contributed by atoms with Crippen molar-refractivity contribution < 1.29 is 59.2 Å². The fraction of sp³-hybridized carbons (Fsp3) is 0.550. The molecule has 9 atom stereocenters. The number of phenolic OH excluding ortho intramolecular Hbond substituents is 2. The van der Waals surface area contributed by atoms with Crippen molar-refractivity contribution in [1.82, 2.24) is 0 Å². The van der Waals surface area contributed by atoms with E-state index in [2.05, 4.69) is 0 Å². The highest BCUT2D eigenvalue weighted by atomic mass is 35.5. The smallest absolute Gasteiger partial charge is 0.342 e. The molecule has 0 radical (unpaired) electrons. The van der Waals surface area contributed by atoms with Gasteiger partial charge in [-0.3, -0.25) is 0 Å². The second-order valence-corrected chi connectivity index (χ2v) is 14.5. The van der Waals surface area contributed by atoms with E-state index in [-0.39, 0.29) is 34.9 Å². The minimum absolute atomic E-state index is 0.0607. The SMILES string of the molecule is CCc1c(Cl)c(O)c(Cl)c(O)c1C(=O)O[C@H]1[C@H](O)[C@H](O)[C@H](OC/C2=C\C=C\C[C@H](O)/C(C)=C/[C@H](CC)[C@@H](O)/C(C)=C/C(C)=C/C[C@@H](CC)OC2=O)O[C@@H]1C. The molecule has 0 saturated carbocycles. The summed E-state index contributed by atoms with van der Waals surface area (Å²) in [6, 6.07) is 0. The van der Waals surface area contributed by atoms with Crippen LogP contribution in [-0.4, -0.2) is 98.2 Å². The number of hydrogen-bond donors (Lipinski definition) is 6. The number of benzene rings is 1. The Morgan fingerprint density at radius 1 is 0.944 bits per heavy atom. The van der Waals surface area contributed by atoms with Crippen LogP contribution in [0.15, 0.2) is 58.7 Å². The number of carbonyl (C=O) groups excluding carboxylic acids is 2. The number of aliphatic hydroxyl groups is 4. The van der Waals surface area contributed by atoms with Gasteiger partial charge in [0, 0.05) is 12.3 Å². The van der Waals surface area contributed by atoms with Crippen molar-refractivity contribution in [3.8, 4) is 11.5 Å². The molecule has 0 aliphatic carbocycles. The summed E-state index contributed by atoms with van der Waals surface area (Å²) in [5.41, 5.74) is 2.07. The largest absolute Gasteiger partial charge is 0.505 e. The molecular weight excluding hydrogens is 743 g/mol. The molecule has 0 spiro atoms. The number of halogens is 2. The second kappa shape index (κ2) is 20.6. The number of rotatable bonds is 8. The number of aliphatic hydroxyl groups excluding tert-OH is 4. The Morgan fingerprint density at radius 3 is 2.26 bits per heavy atom. The van der Waals surface area contributed by atoms with Crippen LogP contribution in [0.1, 0.15) is 90.1 Å². The molecule has 0 bridgehead atoms. The van der Waals surface area contributed by atoms with Gasteiger partial charge in [-0.15, -0.1) is 0 Å². The molecule has 1 fully saturated rings. The Labute approximate surface area is 327 Å². The van der Waals surface area contributed by atoms with E-state index in [0.717, 1.165) is 11.1 Å². The van der Waals surface area contributed by atoms with E-state index in [1.165, 1.54) is 13.0 Å². The quantitative estimate of drug-likeness (QED) is 0.130. The molecule has 1 saturated heterocycles. The fourth-order valence-electron chi connectivity index (χ4n) is 6.24. The Balaban J connectivity index is 1.83. The van der Waals surface area contributed by atoms with Gasteiger partial charge >= 0.3 is 11.9 Å². The molecule has 3 rings (SSSR count). The zero-order valence-electron chi connectivity index (χ0n) is 31.8. The van der Waals surface area contributed by atoms with E-state index in [1.54, 1.807) is 26.0 Å². The fourth-order valence-corrected chi connectivity index (χ4v) is 6.80. The average Bonchev–Trinajstić information content (AvgIpc) is 3.14. The maximum absolute atomic E-state index is 13.5. The van der Waals surface area contributed by atoms with E-state index in [1.807, 2.05) is 45.9 Å². The van der Waals surface area contributed by atoms with Crippen LogP contribution in [0.3, 0.4) is 0 Å². The van der Waals surface area contributed by atoms with Crippen molar-refractivity contribution in [1.29, 1.82) is 0 Å². The first kappa shape index (κ1) is 45.2. The molecule has 1 aromatic carbocycles. The number of aromatic hydroxyl groups is 2. The van der Waals surface area contributed by atoms with Crippen LogP contribution in [0, 0.1) is 5.92 Å². The van der Waals surface area contributed by atoms with Crippen LogP contribution in [0.5, 0.6) is 11.5 Å². The van der Waals surface area contributed by atoms with Gasteiger partial charge in [0.25, 0.3) is 0 Å². The molecule has 2 heterocycles. The maximum Gasteiger partial charge on any atom is 0.342 e. The van der Waals surface area contributed by atoms with Gasteiger partial charge in [-0.25, -0.2) is 9.59 Å². The number of allylic oxidation sites excluding steroid dienone is 4. The Hall–Kier alpha value is -3.20. The van der Waals surface area contributed by atoms with Crippen LogP contribution in [0.25, 0.3) is 0 Å². The molecule has 14 heteroatoms. The Kier molecular flexibility index (Phi) is 17.3. The lowest BCUT2D eigenvalue weighted by Crippen LogP contribution is -2.58. The summed E-state index contributed by atoms with van der Waals surface area (Å²) in [6.07, 6.45) is 2.87. The molecule has 0 amide bonds. The van der Waals surface area contributed by atoms with E-state index in [0.29, 0.717) is 24.8 Å². The Bertz CT molecular complexity index is 1650. The number of ether oxygens (including phenoxy) is 4. The molecule has 1 aromatic rings. The third-order valence-corrected chi connectivity index (χ3v) is 10.5. The van der Waals surface area contributed by atoms with E-state index in [9.17, 15) is 40.2 Å². The van der Waals surface area contributed by atoms with Gasteiger partial charge in [-0.1, -0.05) is 79.9 Å². The summed E-state index contributed by atoms with van der Waals surface area (Å²) >= 11 is 12.1. The normalized spacial score (nSPS) is 33.6. The first-order valence-electron chi connectivity index (χ1n) is 18.2. The molecule has 300 valence electrons. The van der Waals surface area contributed by atoms with Crippen molar-refractivity contribution in [2.24, 2.45) is 5.92 Å². The highest BCUT2D eigenvalue weighted by molar-refractivity contribution is 6.39. The average molecular weight is 798 g/mol. The lowest BCUT2D eigenvalue weighted by atomic mass is 9.90. The molecule has 2 aliphatic heterocycles. The zero-order chi connectivity index (χ0) is 40.4. The predicted octanol–water partition coefficient (Wildman–Crippen LogP) is 6.16. The van der Waals surface area contributed by atoms with Crippen LogP contribution in [-0.2, 0) is 30.2 Å². The number of hydrogen-bond acceptors (Lipinski definition) is 12. The van der Waals surface area contributed by atoms with Crippen molar-refractivity contribution in [3.63, 3.8) is 0 Å². The van der Waals surface area contributed by atoms with E-state index in [4.69, 9.17) is 42.1 Å². The predicted molar refractivity (Wildman–Crippen MR) is 204 cm³/mol. The number of cyclic esters (lactones) is 1. The third kappa shape index (κ3) is 11.2. The molecule has 6 N–H and O–H groups in total. The number of carbonyl (C=O) groups is 2.